The number of methoxy groups -OCH3 is 2. The molecule has 0 unspecified atom stereocenters. The zero-order valence-corrected chi connectivity index (χ0v) is 15.9. The Morgan fingerprint density at radius 1 is 1.22 bits per heavy atom. The molecule has 0 atom stereocenters. The van der Waals surface area contributed by atoms with E-state index in [1.54, 1.807) is 21.1 Å². The molecule has 1 N–H and O–H groups in total. The molecule has 8 nitrogen and oxygen atoms in total. The molecule has 0 radical (unpaired) electrons. The number of amides is 1. The summed E-state index contributed by atoms with van der Waals surface area (Å²) in [6.07, 6.45) is 1.71. The predicted molar refractivity (Wildman–Crippen MR) is 97.0 cm³/mol. The van der Waals surface area contributed by atoms with E-state index in [4.69, 9.17) is 18.7 Å². The molecule has 1 aromatic carbocycles. The van der Waals surface area contributed by atoms with Crippen molar-refractivity contribution in [3.05, 3.63) is 35.5 Å². The van der Waals surface area contributed by atoms with Crippen LogP contribution >= 0.6 is 0 Å². The van der Waals surface area contributed by atoms with Gasteiger partial charge in [0.15, 0.2) is 17.3 Å². The van der Waals surface area contributed by atoms with Crippen LogP contribution in [0.1, 0.15) is 30.1 Å². The molecule has 1 fully saturated rings. The second-order valence-electron chi connectivity index (χ2n) is 6.65. The van der Waals surface area contributed by atoms with Crippen LogP contribution in [-0.2, 0) is 21.4 Å². The summed E-state index contributed by atoms with van der Waals surface area (Å²) in [5, 5.41) is 6.80. The third-order valence-electron chi connectivity index (χ3n) is 4.96. The molecule has 0 aliphatic carbocycles. The lowest BCUT2D eigenvalue weighted by atomic mass is 9.74. The highest BCUT2D eigenvalue weighted by molar-refractivity contribution is 5.77. The number of nitrogens with one attached hydrogen (secondary N) is 1. The summed E-state index contributed by atoms with van der Waals surface area (Å²) in [6.45, 7) is 3.49. The highest BCUT2D eigenvalue weighted by Crippen LogP contribution is 2.38. The van der Waals surface area contributed by atoms with Crippen LogP contribution < -0.4 is 14.8 Å². The van der Waals surface area contributed by atoms with Gasteiger partial charge >= 0.3 is 0 Å². The van der Waals surface area contributed by atoms with Crippen LogP contribution in [0.5, 0.6) is 11.5 Å². The quantitative estimate of drug-likeness (QED) is 0.788. The van der Waals surface area contributed by atoms with Crippen molar-refractivity contribution in [2.45, 2.75) is 31.6 Å². The average Bonchev–Trinajstić information content (AvgIpc) is 3.11. The fourth-order valence-electron chi connectivity index (χ4n) is 3.38. The van der Waals surface area contributed by atoms with Gasteiger partial charge < -0.3 is 24.1 Å². The lowest BCUT2D eigenvalue weighted by molar-refractivity contribution is -0.121. The molecule has 1 amide bonds. The van der Waals surface area contributed by atoms with Gasteiger partial charge in [-0.25, -0.2) is 0 Å². The Morgan fingerprint density at radius 3 is 2.59 bits per heavy atom. The number of carbonyl (C=O) groups excluding carboxylic acids is 1. The molecule has 0 spiro atoms. The Balaban J connectivity index is 1.75. The van der Waals surface area contributed by atoms with Gasteiger partial charge in [0.05, 0.1) is 20.6 Å². The Bertz CT molecular complexity index is 783. The van der Waals surface area contributed by atoms with E-state index < -0.39 is 0 Å². The van der Waals surface area contributed by atoms with E-state index in [2.05, 4.69) is 15.5 Å². The van der Waals surface area contributed by atoms with Crippen molar-refractivity contribution in [2.24, 2.45) is 0 Å². The maximum Gasteiger partial charge on any atom is 0.227 e. The fourth-order valence-corrected chi connectivity index (χ4v) is 3.38. The van der Waals surface area contributed by atoms with Crippen molar-refractivity contribution in [2.75, 3.05) is 34.0 Å². The number of carbonyl (C=O) groups is 1. The molecular weight excluding hydrogens is 350 g/mol. The molecule has 2 aromatic rings. The van der Waals surface area contributed by atoms with Crippen molar-refractivity contribution < 1.29 is 23.5 Å². The zero-order valence-electron chi connectivity index (χ0n) is 15.9. The third-order valence-corrected chi connectivity index (χ3v) is 4.96. The van der Waals surface area contributed by atoms with Crippen LogP contribution in [0.4, 0.5) is 0 Å². The molecule has 8 heteroatoms. The summed E-state index contributed by atoms with van der Waals surface area (Å²) < 4.78 is 21.2. The van der Waals surface area contributed by atoms with Gasteiger partial charge in [0, 0.05) is 32.1 Å². The van der Waals surface area contributed by atoms with Gasteiger partial charge in [-0.05, 0) is 30.5 Å². The molecule has 0 bridgehead atoms. The Kier molecular flexibility index (Phi) is 5.95. The SMILES string of the molecule is COc1ccc(C2(CNC(=O)Cc3noc(C)n3)CCOCC2)cc1OC. The number of hydrogen-bond acceptors (Lipinski definition) is 7. The summed E-state index contributed by atoms with van der Waals surface area (Å²) in [5.41, 5.74) is 0.875. The molecule has 0 saturated carbocycles. The van der Waals surface area contributed by atoms with Crippen molar-refractivity contribution >= 4 is 5.91 Å². The van der Waals surface area contributed by atoms with E-state index in [0.29, 0.717) is 43.0 Å². The third kappa shape index (κ3) is 4.39. The number of rotatable bonds is 7. The summed E-state index contributed by atoms with van der Waals surface area (Å²) in [5.74, 6) is 2.05. The van der Waals surface area contributed by atoms with E-state index >= 15 is 0 Å². The monoisotopic (exact) mass is 375 g/mol. The Morgan fingerprint density at radius 2 is 1.96 bits per heavy atom. The van der Waals surface area contributed by atoms with Crippen LogP contribution in [0.25, 0.3) is 0 Å². The summed E-state index contributed by atoms with van der Waals surface area (Å²) in [6, 6.07) is 5.91. The first-order valence-corrected chi connectivity index (χ1v) is 8.92. The average molecular weight is 375 g/mol. The van der Waals surface area contributed by atoms with Crippen LogP contribution in [0.3, 0.4) is 0 Å². The topological polar surface area (TPSA) is 95.7 Å². The van der Waals surface area contributed by atoms with Crippen LogP contribution in [0.2, 0.25) is 0 Å². The van der Waals surface area contributed by atoms with Crippen molar-refractivity contribution in [3.8, 4) is 11.5 Å². The normalized spacial score (nSPS) is 16.0. The summed E-state index contributed by atoms with van der Waals surface area (Å²) in [4.78, 5) is 16.4. The predicted octanol–water partition coefficient (Wildman–Crippen LogP) is 1.80. The number of aryl methyl sites for hydroxylation is 1. The number of nitrogens with zero attached hydrogens (tertiary/aromatic N) is 2. The first-order chi connectivity index (χ1) is 13.1. The number of ether oxygens (including phenoxy) is 3. The van der Waals surface area contributed by atoms with Gasteiger partial charge in [0.2, 0.25) is 11.8 Å². The van der Waals surface area contributed by atoms with Crippen LogP contribution in [-0.4, -0.2) is 50.0 Å². The highest BCUT2D eigenvalue weighted by Gasteiger charge is 2.35. The summed E-state index contributed by atoms with van der Waals surface area (Å²) >= 11 is 0. The molecule has 1 aliphatic rings. The first kappa shape index (κ1) is 19.2. The second-order valence-corrected chi connectivity index (χ2v) is 6.65. The van der Waals surface area contributed by atoms with E-state index in [-0.39, 0.29) is 17.7 Å². The van der Waals surface area contributed by atoms with E-state index in [1.807, 2.05) is 18.2 Å². The van der Waals surface area contributed by atoms with Gasteiger partial charge in [-0.15, -0.1) is 0 Å². The lowest BCUT2D eigenvalue weighted by Crippen LogP contribution is -2.45. The minimum atomic E-state index is -0.222. The highest BCUT2D eigenvalue weighted by atomic mass is 16.5. The molecule has 2 heterocycles. The largest absolute Gasteiger partial charge is 0.493 e. The first-order valence-electron chi connectivity index (χ1n) is 8.92. The summed E-state index contributed by atoms with van der Waals surface area (Å²) in [7, 11) is 3.23. The maximum atomic E-state index is 12.4. The van der Waals surface area contributed by atoms with Crippen molar-refractivity contribution in [1.82, 2.24) is 15.5 Å². The Hall–Kier alpha value is -2.61. The van der Waals surface area contributed by atoms with E-state index in [1.165, 1.54) is 0 Å². The molecule has 3 rings (SSSR count). The Labute approximate surface area is 158 Å². The van der Waals surface area contributed by atoms with Crippen LogP contribution in [0, 0.1) is 6.92 Å². The van der Waals surface area contributed by atoms with Gasteiger partial charge in [0.25, 0.3) is 0 Å². The minimum absolute atomic E-state index is 0.0931. The minimum Gasteiger partial charge on any atom is -0.493 e. The maximum absolute atomic E-state index is 12.4. The molecule has 1 aromatic heterocycles. The van der Waals surface area contributed by atoms with E-state index in [9.17, 15) is 4.79 Å². The molecule has 146 valence electrons. The molecule has 27 heavy (non-hydrogen) atoms. The van der Waals surface area contributed by atoms with Gasteiger partial charge in [-0.2, -0.15) is 4.98 Å². The second kappa shape index (κ2) is 8.39. The van der Waals surface area contributed by atoms with Gasteiger partial charge in [0.1, 0.15) is 0 Å². The standard InChI is InChI=1S/C19H25N3O5/c1-13-21-17(22-27-13)11-18(23)20-12-19(6-8-26-9-7-19)14-4-5-15(24-2)16(10-14)25-3/h4-5,10H,6-9,11-12H2,1-3H3,(H,20,23). The molecular formula is C19H25N3O5. The lowest BCUT2D eigenvalue weighted by Gasteiger charge is -2.38. The smallest absolute Gasteiger partial charge is 0.227 e. The zero-order chi connectivity index (χ0) is 19.3. The van der Waals surface area contributed by atoms with Gasteiger partial charge in [-0.1, -0.05) is 11.2 Å². The van der Waals surface area contributed by atoms with Crippen LogP contribution in [0.15, 0.2) is 22.7 Å². The van der Waals surface area contributed by atoms with Gasteiger partial charge in [-0.3, -0.25) is 4.79 Å². The number of aromatic nitrogens is 2. The molecule has 1 aliphatic heterocycles. The number of hydrogen-bond donors (Lipinski definition) is 1. The molecule has 1 saturated heterocycles. The van der Waals surface area contributed by atoms with Crippen molar-refractivity contribution in [1.29, 1.82) is 0 Å². The number of benzene rings is 1. The van der Waals surface area contributed by atoms with Crippen molar-refractivity contribution in [3.63, 3.8) is 0 Å². The van der Waals surface area contributed by atoms with E-state index in [0.717, 1.165) is 18.4 Å². The fraction of sp³-hybridized carbons (Fsp3) is 0.526.